The summed E-state index contributed by atoms with van der Waals surface area (Å²) in [4.78, 5) is 11.6. The smallest absolute Gasteiger partial charge is 0.333 e. The highest BCUT2D eigenvalue weighted by Gasteiger charge is 2.11. The third-order valence-electron chi connectivity index (χ3n) is 4.68. The monoisotopic (exact) mass is 398 g/mol. The van der Waals surface area contributed by atoms with Crippen LogP contribution in [0.5, 0.6) is 17.2 Å². The molecule has 0 spiro atoms. The summed E-state index contributed by atoms with van der Waals surface area (Å²) in [7, 11) is 0. The Bertz CT molecular complexity index is 1210. The molecule has 0 atom stereocenters. The van der Waals surface area contributed by atoms with Gasteiger partial charge in [-0.05, 0) is 48.0 Å². The molecule has 0 saturated heterocycles. The highest BCUT2D eigenvalue weighted by molar-refractivity contribution is 6.05. The molecular weight excluding hydrogens is 376 g/mol. The van der Waals surface area contributed by atoms with Gasteiger partial charge in [0, 0.05) is 16.3 Å². The summed E-state index contributed by atoms with van der Waals surface area (Å²) in [5, 5.41) is 4.06. The lowest BCUT2D eigenvalue weighted by Crippen LogP contribution is -2.12. The number of hydrogen-bond acceptors (Lipinski definition) is 4. The minimum Gasteiger partial charge on any atom is -0.489 e. The predicted octanol–water partition coefficient (Wildman–Crippen LogP) is 6.28. The lowest BCUT2D eigenvalue weighted by atomic mass is 10.0. The van der Waals surface area contributed by atoms with E-state index in [4.69, 9.17) is 14.2 Å². The molecule has 0 aliphatic heterocycles. The maximum absolute atomic E-state index is 11.6. The fourth-order valence-corrected chi connectivity index (χ4v) is 3.25. The van der Waals surface area contributed by atoms with Gasteiger partial charge in [-0.25, -0.2) is 4.79 Å². The van der Waals surface area contributed by atoms with Gasteiger partial charge in [0.1, 0.15) is 30.5 Å². The van der Waals surface area contributed by atoms with Gasteiger partial charge >= 0.3 is 5.97 Å². The Morgan fingerprint density at radius 3 is 2.33 bits per heavy atom. The number of benzene rings is 4. The largest absolute Gasteiger partial charge is 0.489 e. The summed E-state index contributed by atoms with van der Waals surface area (Å²) in [6.45, 7) is 5.60. The van der Waals surface area contributed by atoms with E-state index in [1.165, 1.54) is 0 Å². The second-order valence-electron chi connectivity index (χ2n) is 6.99. The first-order valence-electron chi connectivity index (χ1n) is 9.75. The van der Waals surface area contributed by atoms with Crippen LogP contribution in [0.25, 0.3) is 21.5 Å². The summed E-state index contributed by atoms with van der Waals surface area (Å²) in [6, 6.07) is 25.8. The standard InChI is InChI=1S/C26H22O4/c1-18(2)26(27)29-15-14-28-25-23-11-7-6-8-19(23)16-20-12-13-22(17-24(20)25)30-21-9-4-3-5-10-21/h3-13,16-17H,1,14-15H2,2H3. The van der Waals surface area contributed by atoms with Crippen LogP contribution in [0.1, 0.15) is 6.92 Å². The molecule has 0 N–H and O–H groups in total. The summed E-state index contributed by atoms with van der Waals surface area (Å²) in [5.74, 6) is 1.82. The zero-order chi connectivity index (χ0) is 20.9. The molecule has 4 aromatic rings. The van der Waals surface area contributed by atoms with Crippen molar-refractivity contribution in [2.45, 2.75) is 6.92 Å². The molecule has 0 unspecified atom stereocenters. The first kappa shape index (κ1) is 19.5. The van der Waals surface area contributed by atoms with E-state index in [0.29, 0.717) is 5.57 Å². The third kappa shape index (κ3) is 4.28. The zero-order valence-corrected chi connectivity index (χ0v) is 16.8. The molecule has 30 heavy (non-hydrogen) atoms. The molecule has 0 heterocycles. The van der Waals surface area contributed by atoms with Crippen molar-refractivity contribution in [3.63, 3.8) is 0 Å². The molecule has 0 amide bonds. The van der Waals surface area contributed by atoms with Crippen molar-refractivity contribution in [3.05, 3.63) is 91.0 Å². The Morgan fingerprint density at radius 2 is 1.53 bits per heavy atom. The van der Waals surface area contributed by atoms with E-state index in [1.807, 2.05) is 66.7 Å². The highest BCUT2D eigenvalue weighted by atomic mass is 16.6. The normalized spacial score (nSPS) is 10.7. The van der Waals surface area contributed by atoms with Crippen LogP contribution < -0.4 is 9.47 Å². The van der Waals surface area contributed by atoms with Crippen LogP contribution in [-0.4, -0.2) is 19.2 Å². The minimum atomic E-state index is -0.417. The predicted molar refractivity (Wildman–Crippen MR) is 119 cm³/mol. The first-order valence-corrected chi connectivity index (χ1v) is 9.75. The van der Waals surface area contributed by atoms with Gasteiger partial charge in [-0.2, -0.15) is 0 Å². The molecule has 0 radical (unpaired) electrons. The van der Waals surface area contributed by atoms with E-state index in [-0.39, 0.29) is 13.2 Å². The average Bonchev–Trinajstić information content (AvgIpc) is 2.76. The number of ether oxygens (including phenoxy) is 3. The van der Waals surface area contributed by atoms with Crippen molar-refractivity contribution >= 4 is 27.5 Å². The molecular formula is C26H22O4. The van der Waals surface area contributed by atoms with Gasteiger partial charge in [0.25, 0.3) is 0 Å². The second-order valence-corrected chi connectivity index (χ2v) is 6.99. The van der Waals surface area contributed by atoms with Crippen LogP contribution in [-0.2, 0) is 9.53 Å². The van der Waals surface area contributed by atoms with E-state index >= 15 is 0 Å². The van der Waals surface area contributed by atoms with Gasteiger partial charge in [-0.1, -0.05) is 55.1 Å². The third-order valence-corrected chi connectivity index (χ3v) is 4.68. The Hall–Kier alpha value is -3.79. The average molecular weight is 398 g/mol. The van der Waals surface area contributed by atoms with Gasteiger partial charge in [0.2, 0.25) is 0 Å². The van der Waals surface area contributed by atoms with Crippen LogP contribution in [0.3, 0.4) is 0 Å². The molecule has 4 nitrogen and oxygen atoms in total. The molecule has 0 bridgehead atoms. The van der Waals surface area contributed by atoms with Crippen molar-refractivity contribution in [2.24, 2.45) is 0 Å². The second kappa shape index (κ2) is 8.70. The van der Waals surface area contributed by atoms with Crippen molar-refractivity contribution in [1.29, 1.82) is 0 Å². The number of para-hydroxylation sites is 1. The van der Waals surface area contributed by atoms with Crippen LogP contribution >= 0.6 is 0 Å². The Labute approximate surface area is 175 Å². The van der Waals surface area contributed by atoms with E-state index in [9.17, 15) is 4.79 Å². The van der Waals surface area contributed by atoms with E-state index in [0.717, 1.165) is 38.8 Å². The van der Waals surface area contributed by atoms with Gasteiger partial charge < -0.3 is 14.2 Å². The van der Waals surface area contributed by atoms with Crippen LogP contribution in [0.2, 0.25) is 0 Å². The molecule has 0 aliphatic rings. The zero-order valence-electron chi connectivity index (χ0n) is 16.8. The van der Waals surface area contributed by atoms with Crippen LogP contribution in [0.15, 0.2) is 91.0 Å². The SMILES string of the molecule is C=C(C)C(=O)OCCOc1c2ccccc2cc2ccc(Oc3ccccc3)cc12. The molecule has 0 aromatic heterocycles. The van der Waals surface area contributed by atoms with Gasteiger partial charge in [-0.3, -0.25) is 0 Å². The summed E-state index contributed by atoms with van der Waals surface area (Å²) in [6.07, 6.45) is 0. The number of rotatable bonds is 7. The quantitative estimate of drug-likeness (QED) is 0.159. The van der Waals surface area contributed by atoms with Crippen molar-refractivity contribution < 1.29 is 19.0 Å². The highest BCUT2D eigenvalue weighted by Crippen LogP contribution is 2.37. The Kier molecular flexibility index (Phi) is 5.66. The van der Waals surface area contributed by atoms with Crippen LogP contribution in [0.4, 0.5) is 0 Å². The van der Waals surface area contributed by atoms with Crippen molar-refractivity contribution in [1.82, 2.24) is 0 Å². The van der Waals surface area contributed by atoms with E-state index in [2.05, 4.69) is 18.7 Å². The van der Waals surface area contributed by atoms with Crippen molar-refractivity contribution in [2.75, 3.05) is 13.2 Å². The molecule has 4 aromatic carbocycles. The lowest BCUT2D eigenvalue weighted by Gasteiger charge is -2.15. The van der Waals surface area contributed by atoms with Gasteiger partial charge in [-0.15, -0.1) is 0 Å². The van der Waals surface area contributed by atoms with E-state index in [1.54, 1.807) is 6.92 Å². The number of hydrogen-bond donors (Lipinski definition) is 0. The molecule has 150 valence electrons. The summed E-state index contributed by atoms with van der Waals surface area (Å²) < 4.78 is 17.3. The molecule has 4 heteroatoms. The Balaban J connectivity index is 1.67. The van der Waals surface area contributed by atoms with Gasteiger partial charge in [0.15, 0.2) is 0 Å². The number of carbonyl (C=O) groups is 1. The van der Waals surface area contributed by atoms with E-state index < -0.39 is 5.97 Å². The topological polar surface area (TPSA) is 44.8 Å². The van der Waals surface area contributed by atoms with Crippen molar-refractivity contribution in [3.8, 4) is 17.2 Å². The first-order chi connectivity index (χ1) is 14.6. The number of esters is 1. The molecule has 0 saturated carbocycles. The fraction of sp³-hybridized carbons (Fsp3) is 0.115. The summed E-state index contributed by atoms with van der Waals surface area (Å²) >= 11 is 0. The number of carbonyl (C=O) groups excluding carboxylic acids is 1. The Morgan fingerprint density at radius 1 is 0.800 bits per heavy atom. The lowest BCUT2D eigenvalue weighted by molar-refractivity contribution is -0.139. The summed E-state index contributed by atoms with van der Waals surface area (Å²) in [5.41, 5.74) is 0.369. The fourth-order valence-electron chi connectivity index (χ4n) is 3.25. The van der Waals surface area contributed by atoms with Gasteiger partial charge in [0.05, 0.1) is 0 Å². The molecule has 0 fully saturated rings. The number of fused-ring (bicyclic) bond motifs is 2. The van der Waals surface area contributed by atoms with Crippen LogP contribution in [0, 0.1) is 0 Å². The maximum atomic E-state index is 11.6. The molecule has 4 rings (SSSR count). The maximum Gasteiger partial charge on any atom is 0.333 e. The minimum absolute atomic E-state index is 0.149. The molecule has 0 aliphatic carbocycles.